The molecule has 2 aromatic rings. The number of hydrogen-bond donors (Lipinski definition) is 1. The molecule has 0 aliphatic heterocycles. The molecule has 0 unspecified atom stereocenters. The van der Waals surface area contributed by atoms with Gasteiger partial charge in [-0.2, -0.15) is 0 Å². The second-order valence-electron chi connectivity index (χ2n) is 4.43. The Morgan fingerprint density at radius 1 is 1.14 bits per heavy atom. The van der Waals surface area contributed by atoms with Gasteiger partial charge in [0.15, 0.2) is 11.5 Å². The largest absolute Gasteiger partial charge is 0.493 e. The molecule has 0 radical (unpaired) electrons. The van der Waals surface area contributed by atoms with Crippen LogP contribution in [0.1, 0.15) is 11.3 Å². The maximum Gasteiger partial charge on any atom is 0.179 e. The third kappa shape index (κ3) is 3.71. The quantitative estimate of drug-likeness (QED) is 0.830. The second kappa shape index (κ2) is 6.87. The Balaban J connectivity index is 2.18. The van der Waals surface area contributed by atoms with Gasteiger partial charge in [0.1, 0.15) is 5.15 Å². The summed E-state index contributed by atoms with van der Waals surface area (Å²) in [6, 6.07) is 7.37. The minimum Gasteiger partial charge on any atom is -0.493 e. The smallest absolute Gasteiger partial charge is 0.179 e. The second-order valence-corrected chi connectivity index (χ2v) is 5.23. The summed E-state index contributed by atoms with van der Waals surface area (Å²) in [6.45, 7) is 2.49. The third-order valence-electron chi connectivity index (χ3n) is 3.03. The number of halogens is 2. The first-order valence-corrected chi connectivity index (χ1v) is 7.08. The fourth-order valence-corrected chi connectivity index (χ4v) is 2.49. The fourth-order valence-electron chi connectivity index (χ4n) is 1.99. The molecule has 1 aromatic heterocycles. The van der Waals surface area contributed by atoms with Crippen molar-refractivity contribution in [1.29, 1.82) is 0 Å². The van der Waals surface area contributed by atoms with Crippen molar-refractivity contribution >= 4 is 28.9 Å². The molecule has 0 amide bonds. The van der Waals surface area contributed by atoms with Crippen LogP contribution in [-0.4, -0.2) is 19.2 Å². The van der Waals surface area contributed by atoms with Crippen molar-refractivity contribution in [3.05, 3.63) is 45.7 Å². The van der Waals surface area contributed by atoms with E-state index in [9.17, 15) is 0 Å². The summed E-state index contributed by atoms with van der Waals surface area (Å²) in [7, 11) is 3.14. The fraction of sp³-hybridized carbons (Fsp3) is 0.267. The van der Waals surface area contributed by atoms with Crippen LogP contribution in [0, 0.1) is 6.92 Å². The summed E-state index contributed by atoms with van der Waals surface area (Å²) >= 11 is 12.0. The average Bonchev–Trinajstić information content (AvgIpc) is 2.45. The minimum absolute atomic E-state index is 0.479. The third-order valence-corrected chi connectivity index (χ3v) is 3.52. The van der Waals surface area contributed by atoms with E-state index >= 15 is 0 Å². The number of nitrogens with zero attached hydrogens (tertiary/aromatic N) is 1. The van der Waals surface area contributed by atoms with Crippen LogP contribution in [0.2, 0.25) is 10.2 Å². The Hall–Kier alpha value is -1.65. The molecule has 0 bridgehead atoms. The van der Waals surface area contributed by atoms with Gasteiger partial charge in [0.2, 0.25) is 0 Å². The molecule has 6 heteroatoms. The molecule has 0 aliphatic rings. The number of nitrogens with one attached hydrogen (secondary N) is 1. The van der Waals surface area contributed by atoms with Crippen LogP contribution in [0.3, 0.4) is 0 Å². The van der Waals surface area contributed by atoms with E-state index in [-0.39, 0.29) is 0 Å². The van der Waals surface area contributed by atoms with Gasteiger partial charge in [0.25, 0.3) is 0 Å². The Kier molecular flexibility index (Phi) is 5.15. The van der Waals surface area contributed by atoms with Gasteiger partial charge in [0, 0.05) is 6.54 Å². The predicted molar refractivity (Wildman–Crippen MR) is 85.9 cm³/mol. The van der Waals surface area contributed by atoms with Gasteiger partial charge < -0.3 is 14.8 Å². The molecule has 112 valence electrons. The monoisotopic (exact) mass is 326 g/mol. The number of pyridine rings is 1. The molecule has 0 fully saturated rings. The number of ether oxygens (including phenoxy) is 2. The van der Waals surface area contributed by atoms with Crippen LogP contribution in [0.5, 0.6) is 11.5 Å². The number of methoxy groups -OCH3 is 2. The number of rotatable bonds is 5. The van der Waals surface area contributed by atoms with Crippen molar-refractivity contribution in [2.45, 2.75) is 13.5 Å². The summed E-state index contributed by atoms with van der Waals surface area (Å²) in [5.41, 5.74) is 2.74. The zero-order valence-corrected chi connectivity index (χ0v) is 13.5. The molecule has 1 heterocycles. The average molecular weight is 327 g/mol. The van der Waals surface area contributed by atoms with Gasteiger partial charge >= 0.3 is 0 Å². The number of anilines is 1. The highest BCUT2D eigenvalue weighted by molar-refractivity contribution is 6.32. The van der Waals surface area contributed by atoms with E-state index in [1.807, 2.05) is 25.1 Å². The van der Waals surface area contributed by atoms with E-state index in [1.54, 1.807) is 20.3 Å². The molecule has 0 aliphatic carbocycles. The van der Waals surface area contributed by atoms with Crippen molar-refractivity contribution in [1.82, 2.24) is 4.98 Å². The Labute approximate surface area is 134 Å². The van der Waals surface area contributed by atoms with Crippen molar-refractivity contribution < 1.29 is 9.47 Å². The van der Waals surface area contributed by atoms with Gasteiger partial charge in [-0.1, -0.05) is 23.2 Å². The first-order chi connectivity index (χ1) is 10.0. The van der Waals surface area contributed by atoms with E-state index in [0.29, 0.717) is 28.2 Å². The number of benzene rings is 1. The van der Waals surface area contributed by atoms with E-state index in [2.05, 4.69) is 10.3 Å². The zero-order chi connectivity index (χ0) is 15.4. The molecular weight excluding hydrogens is 311 g/mol. The van der Waals surface area contributed by atoms with Crippen LogP contribution in [0.4, 0.5) is 5.69 Å². The normalized spacial score (nSPS) is 10.3. The molecule has 2 rings (SSSR count). The molecule has 0 saturated heterocycles. The van der Waals surface area contributed by atoms with E-state index in [0.717, 1.165) is 16.9 Å². The zero-order valence-electron chi connectivity index (χ0n) is 12.0. The maximum atomic E-state index is 6.18. The summed E-state index contributed by atoms with van der Waals surface area (Å²) in [5, 5.41) is 4.29. The van der Waals surface area contributed by atoms with Crippen LogP contribution in [0.25, 0.3) is 0 Å². The van der Waals surface area contributed by atoms with Crippen LogP contribution in [0.15, 0.2) is 24.3 Å². The first-order valence-electron chi connectivity index (χ1n) is 6.32. The molecule has 0 saturated carbocycles. The molecular formula is C15H16Cl2N2O2. The summed E-state index contributed by atoms with van der Waals surface area (Å²) in [6.07, 6.45) is 0. The van der Waals surface area contributed by atoms with Crippen molar-refractivity contribution in [3.63, 3.8) is 0 Å². The molecule has 4 nitrogen and oxygen atoms in total. The van der Waals surface area contributed by atoms with Gasteiger partial charge in [-0.3, -0.25) is 0 Å². The summed E-state index contributed by atoms with van der Waals surface area (Å²) in [4.78, 5) is 4.20. The Morgan fingerprint density at radius 3 is 2.52 bits per heavy atom. The van der Waals surface area contributed by atoms with E-state index in [4.69, 9.17) is 32.7 Å². The highest BCUT2D eigenvalue weighted by Gasteiger charge is 2.11. The van der Waals surface area contributed by atoms with Gasteiger partial charge in [-0.05, 0) is 36.8 Å². The van der Waals surface area contributed by atoms with Crippen molar-refractivity contribution in [2.75, 3.05) is 19.5 Å². The molecule has 21 heavy (non-hydrogen) atoms. The van der Waals surface area contributed by atoms with E-state index < -0.39 is 0 Å². The highest BCUT2D eigenvalue weighted by atomic mass is 35.5. The first kappa shape index (κ1) is 15.7. The van der Waals surface area contributed by atoms with Crippen LogP contribution < -0.4 is 14.8 Å². The van der Waals surface area contributed by atoms with Gasteiger partial charge in [-0.25, -0.2) is 4.98 Å². The minimum atomic E-state index is 0.479. The lowest BCUT2D eigenvalue weighted by molar-refractivity contribution is 0.355. The Morgan fingerprint density at radius 2 is 1.90 bits per heavy atom. The summed E-state index contributed by atoms with van der Waals surface area (Å²) < 4.78 is 10.5. The van der Waals surface area contributed by atoms with Crippen LogP contribution in [-0.2, 0) is 6.54 Å². The van der Waals surface area contributed by atoms with Crippen LogP contribution >= 0.6 is 23.2 Å². The summed E-state index contributed by atoms with van der Waals surface area (Å²) in [5.74, 6) is 1.14. The standard InChI is InChI=1S/C15H16Cl2N2O2/c1-9-12(4-5-14(17)19-9)18-8-10-6-11(16)15(21-3)13(7-10)20-2/h4-7,18H,8H2,1-3H3. The lowest BCUT2D eigenvalue weighted by Gasteiger charge is -2.13. The van der Waals surface area contributed by atoms with E-state index in [1.165, 1.54) is 0 Å². The van der Waals surface area contributed by atoms with Gasteiger partial charge in [-0.15, -0.1) is 0 Å². The molecule has 0 atom stereocenters. The lowest BCUT2D eigenvalue weighted by atomic mass is 10.2. The highest BCUT2D eigenvalue weighted by Crippen LogP contribution is 2.36. The Bertz CT molecular complexity index is 648. The molecule has 0 spiro atoms. The molecule has 1 aromatic carbocycles. The predicted octanol–water partition coefficient (Wildman–Crippen LogP) is 4.33. The SMILES string of the molecule is COc1cc(CNc2ccc(Cl)nc2C)cc(Cl)c1OC. The number of hydrogen-bond acceptors (Lipinski definition) is 4. The maximum absolute atomic E-state index is 6.18. The molecule has 1 N–H and O–H groups in total. The van der Waals surface area contributed by atoms with Crippen molar-refractivity contribution in [3.8, 4) is 11.5 Å². The van der Waals surface area contributed by atoms with Gasteiger partial charge in [0.05, 0.1) is 30.6 Å². The number of aryl methyl sites for hydroxylation is 1. The number of aromatic nitrogens is 1. The van der Waals surface area contributed by atoms with Crippen molar-refractivity contribution in [2.24, 2.45) is 0 Å². The lowest BCUT2D eigenvalue weighted by Crippen LogP contribution is -2.03. The topological polar surface area (TPSA) is 43.4 Å².